The molecule has 2 aromatic rings. The van der Waals surface area contributed by atoms with Crippen molar-refractivity contribution in [3.8, 4) is 0 Å². The van der Waals surface area contributed by atoms with Gasteiger partial charge in [0, 0.05) is 50.4 Å². The Morgan fingerprint density at radius 2 is 1.87 bits per heavy atom. The van der Waals surface area contributed by atoms with Crippen LogP contribution in [0.15, 0.2) is 42.6 Å². The third-order valence-electron chi connectivity index (χ3n) is 5.48. The van der Waals surface area contributed by atoms with Crippen molar-refractivity contribution in [1.29, 1.82) is 0 Å². The van der Waals surface area contributed by atoms with Crippen molar-refractivity contribution in [3.63, 3.8) is 0 Å². The first-order chi connectivity index (χ1) is 15.0. The maximum Gasteiger partial charge on any atom is 0.340 e. The van der Waals surface area contributed by atoms with Crippen molar-refractivity contribution >= 4 is 40.9 Å². The van der Waals surface area contributed by atoms with Gasteiger partial charge in [-0.3, -0.25) is 9.59 Å². The molecule has 3 heterocycles. The van der Waals surface area contributed by atoms with E-state index in [1.807, 2.05) is 18.2 Å². The molecular weight excluding hydrogens is 420 g/mol. The van der Waals surface area contributed by atoms with E-state index in [2.05, 4.69) is 9.88 Å². The molecule has 0 radical (unpaired) electrons. The fourth-order valence-corrected chi connectivity index (χ4v) is 3.99. The molecule has 1 aromatic heterocycles. The maximum atomic E-state index is 12.7. The normalized spacial score (nSPS) is 16.5. The average molecular weight is 443 g/mol. The highest BCUT2D eigenvalue weighted by Crippen LogP contribution is 2.29. The minimum absolute atomic E-state index is 0.0573. The van der Waals surface area contributed by atoms with Crippen LogP contribution in [-0.2, 0) is 14.3 Å². The average Bonchev–Trinajstić information content (AvgIpc) is 3.23. The minimum Gasteiger partial charge on any atom is -0.452 e. The number of benzene rings is 1. The second-order valence-electron chi connectivity index (χ2n) is 7.44. The molecule has 1 aromatic carbocycles. The highest BCUT2D eigenvalue weighted by atomic mass is 35.5. The van der Waals surface area contributed by atoms with Gasteiger partial charge in [-0.1, -0.05) is 17.7 Å². The number of aromatic nitrogens is 1. The van der Waals surface area contributed by atoms with E-state index >= 15 is 0 Å². The summed E-state index contributed by atoms with van der Waals surface area (Å²) in [6, 6.07) is 10.4. The number of amides is 2. The summed E-state index contributed by atoms with van der Waals surface area (Å²) in [6.45, 7) is 2.56. The molecule has 0 saturated carbocycles. The fourth-order valence-electron chi connectivity index (χ4n) is 3.83. The number of ether oxygens (including phenoxy) is 1. The Balaban J connectivity index is 1.34. The quantitative estimate of drug-likeness (QED) is 0.661. The van der Waals surface area contributed by atoms with Crippen LogP contribution in [0.3, 0.4) is 0 Å². The van der Waals surface area contributed by atoms with E-state index < -0.39 is 5.97 Å². The molecule has 0 bridgehead atoms. The molecule has 2 aliphatic heterocycles. The van der Waals surface area contributed by atoms with E-state index in [4.69, 9.17) is 16.3 Å². The van der Waals surface area contributed by atoms with Crippen molar-refractivity contribution in [2.45, 2.75) is 12.8 Å². The summed E-state index contributed by atoms with van der Waals surface area (Å²) in [6.07, 6.45) is 2.90. The SMILES string of the molecule is O=C(OCC(=O)N1CCN(c2ccccn2)CC1)c1ccc(Cl)cc1N1CCCC1=O. The van der Waals surface area contributed by atoms with Crippen LogP contribution < -0.4 is 9.80 Å². The number of esters is 1. The first kappa shape index (κ1) is 21.1. The Kier molecular flexibility index (Phi) is 6.36. The van der Waals surface area contributed by atoms with Gasteiger partial charge in [-0.15, -0.1) is 0 Å². The summed E-state index contributed by atoms with van der Waals surface area (Å²) >= 11 is 6.07. The first-order valence-corrected chi connectivity index (χ1v) is 10.6. The lowest BCUT2D eigenvalue weighted by molar-refractivity contribution is -0.134. The second kappa shape index (κ2) is 9.34. The van der Waals surface area contributed by atoms with Crippen LogP contribution in [0.4, 0.5) is 11.5 Å². The Hall–Kier alpha value is -3.13. The van der Waals surface area contributed by atoms with Gasteiger partial charge in [0.2, 0.25) is 5.91 Å². The van der Waals surface area contributed by atoms with Gasteiger partial charge in [0.05, 0.1) is 11.3 Å². The number of carbonyl (C=O) groups is 3. The monoisotopic (exact) mass is 442 g/mol. The van der Waals surface area contributed by atoms with Crippen molar-refractivity contribution < 1.29 is 19.1 Å². The third kappa shape index (κ3) is 4.80. The number of nitrogens with zero attached hydrogens (tertiary/aromatic N) is 4. The summed E-state index contributed by atoms with van der Waals surface area (Å²) in [4.78, 5) is 47.0. The Labute approximate surface area is 185 Å². The van der Waals surface area contributed by atoms with Crippen molar-refractivity contribution in [3.05, 3.63) is 53.2 Å². The van der Waals surface area contributed by atoms with Crippen LogP contribution in [0.2, 0.25) is 5.02 Å². The molecule has 2 aliphatic rings. The predicted molar refractivity (Wildman–Crippen MR) is 116 cm³/mol. The molecule has 31 heavy (non-hydrogen) atoms. The molecule has 2 saturated heterocycles. The summed E-state index contributed by atoms with van der Waals surface area (Å²) in [7, 11) is 0. The van der Waals surface area contributed by atoms with Crippen LogP contribution in [0.25, 0.3) is 0 Å². The minimum atomic E-state index is -0.646. The summed E-state index contributed by atoms with van der Waals surface area (Å²) < 4.78 is 5.29. The lowest BCUT2D eigenvalue weighted by atomic mass is 10.1. The molecule has 162 valence electrons. The summed E-state index contributed by atoms with van der Waals surface area (Å²) in [5, 5.41) is 0.424. The van der Waals surface area contributed by atoms with Gasteiger partial charge in [0.25, 0.3) is 5.91 Å². The molecule has 0 spiro atoms. The number of hydrogen-bond donors (Lipinski definition) is 0. The van der Waals surface area contributed by atoms with Crippen molar-refractivity contribution in [2.24, 2.45) is 0 Å². The van der Waals surface area contributed by atoms with Gasteiger partial charge in [-0.2, -0.15) is 0 Å². The Bertz CT molecular complexity index is 977. The number of rotatable bonds is 5. The zero-order valence-electron chi connectivity index (χ0n) is 17.0. The standard InChI is InChI=1S/C22H23ClN4O4/c23-16-6-7-17(18(14-16)27-9-3-5-20(27)28)22(30)31-15-21(29)26-12-10-25(11-13-26)19-4-1-2-8-24-19/h1-2,4,6-8,14H,3,5,9-13,15H2. The zero-order valence-corrected chi connectivity index (χ0v) is 17.8. The smallest absolute Gasteiger partial charge is 0.340 e. The second-order valence-corrected chi connectivity index (χ2v) is 7.88. The molecule has 0 aliphatic carbocycles. The van der Waals surface area contributed by atoms with E-state index in [-0.39, 0.29) is 24.0 Å². The first-order valence-electron chi connectivity index (χ1n) is 10.2. The highest BCUT2D eigenvalue weighted by molar-refractivity contribution is 6.31. The van der Waals surface area contributed by atoms with Gasteiger partial charge in [-0.05, 0) is 36.8 Å². The zero-order chi connectivity index (χ0) is 21.8. The van der Waals surface area contributed by atoms with E-state index in [0.29, 0.717) is 49.9 Å². The molecule has 0 N–H and O–H groups in total. The molecule has 2 fully saturated rings. The molecule has 0 unspecified atom stereocenters. The largest absolute Gasteiger partial charge is 0.452 e. The van der Waals surface area contributed by atoms with Crippen molar-refractivity contribution in [2.75, 3.05) is 49.1 Å². The number of piperazine rings is 1. The lowest BCUT2D eigenvalue weighted by Crippen LogP contribution is -2.50. The molecule has 0 atom stereocenters. The molecule has 4 rings (SSSR count). The van der Waals surface area contributed by atoms with Crippen LogP contribution in [0, 0.1) is 0 Å². The van der Waals surface area contributed by atoms with Crippen LogP contribution in [-0.4, -0.2) is 67.0 Å². The van der Waals surface area contributed by atoms with Crippen LogP contribution in [0.5, 0.6) is 0 Å². The summed E-state index contributed by atoms with van der Waals surface area (Å²) in [5.74, 6) is -0.0699. The number of hydrogen-bond acceptors (Lipinski definition) is 6. The fraction of sp³-hybridized carbons (Fsp3) is 0.364. The number of halogens is 1. The van der Waals surface area contributed by atoms with Gasteiger partial charge in [-0.25, -0.2) is 9.78 Å². The van der Waals surface area contributed by atoms with Crippen LogP contribution in [0.1, 0.15) is 23.2 Å². The third-order valence-corrected chi connectivity index (χ3v) is 5.71. The van der Waals surface area contributed by atoms with Gasteiger partial charge >= 0.3 is 5.97 Å². The topological polar surface area (TPSA) is 83.1 Å². The number of pyridine rings is 1. The van der Waals surface area contributed by atoms with Gasteiger partial charge < -0.3 is 19.4 Å². The molecule has 8 nitrogen and oxygen atoms in total. The van der Waals surface area contributed by atoms with Gasteiger partial charge in [0.1, 0.15) is 5.82 Å². The van der Waals surface area contributed by atoms with Crippen LogP contribution >= 0.6 is 11.6 Å². The molecular formula is C22H23ClN4O4. The Morgan fingerprint density at radius 3 is 2.55 bits per heavy atom. The van der Waals surface area contributed by atoms with E-state index in [1.165, 1.54) is 6.07 Å². The highest BCUT2D eigenvalue weighted by Gasteiger charge is 2.28. The molecule has 2 amide bonds. The number of anilines is 2. The Morgan fingerprint density at radius 1 is 1.06 bits per heavy atom. The molecule has 9 heteroatoms. The van der Waals surface area contributed by atoms with Crippen molar-refractivity contribution in [1.82, 2.24) is 9.88 Å². The predicted octanol–water partition coefficient (Wildman–Crippen LogP) is 2.37. The van der Waals surface area contributed by atoms with Gasteiger partial charge in [0.15, 0.2) is 6.61 Å². The lowest BCUT2D eigenvalue weighted by Gasteiger charge is -2.35. The maximum absolute atomic E-state index is 12.7. The number of carbonyl (C=O) groups excluding carboxylic acids is 3. The van der Waals surface area contributed by atoms with E-state index in [9.17, 15) is 14.4 Å². The van der Waals surface area contributed by atoms with E-state index in [0.717, 1.165) is 12.2 Å². The summed E-state index contributed by atoms with van der Waals surface area (Å²) in [5.41, 5.74) is 0.656. The van der Waals surface area contributed by atoms with E-state index in [1.54, 1.807) is 28.1 Å².